The molecule has 1 spiro atoms. The number of nitrogens with zero attached hydrogens (tertiary/aromatic N) is 2. The van der Waals surface area contributed by atoms with Gasteiger partial charge in [0.2, 0.25) is 11.8 Å². The number of ether oxygens (including phenoxy) is 5. The smallest absolute Gasteiger partial charge is 0.340 e. The molecule has 5 saturated carbocycles. The van der Waals surface area contributed by atoms with Gasteiger partial charge in [-0.2, -0.15) is 0 Å². The first-order valence-corrected chi connectivity index (χ1v) is 19.1. The zero-order valence-corrected chi connectivity index (χ0v) is 31.8. The maximum absolute atomic E-state index is 14.2. The van der Waals surface area contributed by atoms with Crippen LogP contribution in [0, 0.1) is 44.0 Å². The molecule has 13 heteroatoms. The van der Waals surface area contributed by atoms with Crippen LogP contribution in [0.4, 0.5) is 5.69 Å². The van der Waals surface area contributed by atoms with E-state index < -0.39 is 46.1 Å². The first-order valence-electron chi connectivity index (χ1n) is 18.0. The van der Waals surface area contributed by atoms with E-state index in [1.54, 1.807) is 53.6 Å². The summed E-state index contributed by atoms with van der Waals surface area (Å²) in [5.41, 5.74) is -4.18. The highest BCUT2D eigenvalue weighted by atomic mass is 127. The largest absolute Gasteiger partial charge is 0.461 e. The molecule has 2 saturated heterocycles. The fourth-order valence-electron chi connectivity index (χ4n) is 13.2. The lowest BCUT2D eigenvalue weighted by Gasteiger charge is -2.70. The number of aliphatic hydroxyl groups is 2. The number of esters is 1. The number of likely N-dealkylation sites (tertiary alicyclic amines) is 1. The summed E-state index contributed by atoms with van der Waals surface area (Å²) in [5.74, 6) is -2.49. The summed E-state index contributed by atoms with van der Waals surface area (Å²) in [7, 11) is 6.71. The third-order valence-electron chi connectivity index (χ3n) is 14.6. The van der Waals surface area contributed by atoms with Gasteiger partial charge in [0.05, 0.1) is 48.3 Å². The van der Waals surface area contributed by atoms with Gasteiger partial charge in [-0.15, -0.1) is 0 Å². The average molecular weight is 809 g/mol. The Kier molecular flexibility index (Phi) is 8.40. The van der Waals surface area contributed by atoms with Gasteiger partial charge in [-0.05, 0) is 72.5 Å². The fourth-order valence-corrected chi connectivity index (χ4v) is 13.7. The van der Waals surface area contributed by atoms with E-state index in [0.717, 1.165) is 14.9 Å². The lowest BCUT2D eigenvalue weighted by molar-refractivity contribution is -0.320. The van der Waals surface area contributed by atoms with Crippen LogP contribution in [0.15, 0.2) is 18.2 Å². The van der Waals surface area contributed by atoms with Crippen molar-refractivity contribution >= 4 is 46.1 Å². The van der Waals surface area contributed by atoms with Crippen molar-refractivity contribution in [2.45, 2.75) is 87.6 Å². The molecule has 2 aliphatic heterocycles. The predicted molar refractivity (Wildman–Crippen MR) is 187 cm³/mol. The Morgan fingerprint density at radius 1 is 1.08 bits per heavy atom. The molecule has 2 N–H and O–H groups in total. The molecular weight excluding hydrogens is 759 g/mol. The molecular formula is C37H49IN2O10. The van der Waals surface area contributed by atoms with E-state index in [0.29, 0.717) is 25.9 Å². The minimum Gasteiger partial charge on any atom is -0.461 e. The second-order valence-corrected chi connectivity index (χ2v) is 17.3. The van der Waals surface area contributed by atoms with Gasteiger partial charge in [0, 0.05) is 85.9 Å². The van der Waals surface area contributed by atoms with Crippen LogP contribution in [0.5, 0.6) is 0 Å². The number of anilines is 1. The highest BCUT2D eigenvalue weighted by Crippen LogP contribution is 2.80. The van der Waals surface area contributed by atoms with Gasteiger partial charge in [0.25, 0.3) is 0 Å². The van der Waals surface area contributed by atoms with Gasteiger partial charge >= 0.3 is 5.97 Å². The maximum Gasteiger partial charge on any atom is 0.340 e. The van der Waals surface area contributed by atoms with Crippen LogP contribution in [-0.2, 0) is 33.3 Å². The molecule has 0 aromatic heterocycles. The topological polar surface area (TPSA) is 144 Å². The number of imide groups is 1. The zero-order chi connectivity index (χ0) is 35.7. The highest BCUT2D eigenvalue weighted by molar-refractivity contribution is 14.1. The van der Waals surface area contributed by atoms with E-state index in [1.165, 1.54) is 0 Å². The fraction of sp³-hybridized carbons (Fsp3) is 0.757. The molecule has 274 valence electrons. The van der Waals surface area contributed by atoms with E-state index in [4.69, 9.17) is 23.7 Å². The number of hydrogen-bond donors (Lipinski definition) is 2. The molecule has 14 atom stereocenters. The van der Waals surface area contributed by atoms with Crippen LogP contribution in [0.2, 0.25) is 0 Å². The summed E-state index contributed by atoms with van der Waals surface area (Å²) >= 11 is 2.11. The standard InChI is InChI=1S/C37H49IN2O10/c1-7-39-16-34(17-50-32(43)20-13-19(38)8-9-23(20)40-26(41)12-18(2)31(40)42)11-10-25(47-4)36-22-14-21-24(46-3)15-35(44,27(22)28(21)48-5)37(45,33(36)39)30(49-6)29(34)36/h8-9,13,18,21-22,24-25,27-30,33,44-45H,7,10-12,14-17H2,1-6H3/t18-,21+,22+,24-,25-,27+,28-,29+,30-,33+,34-,35+,36-,37-/m0/s1. The second kappa shape index (κ2) is 11.9. The third kappa shape index (κ3) is 4.09. The van der Waals surface area contributed by atoms with Gasteiger partial charge in [0.1, 0.15) is 11.2 Å². The van der Waals surface area contributed by atoms with Crippen LogP contribution in [0.1, 0.15) is 56.3 Å². The lowest BCUT2D eigenvalue weighted by Crippen LogP contribution is -2.82. The number of fused-ring (bicyclic) bond motifs is 2. The molecule has 0 unspecified atom stereocenters. The van der Waals surface area contributed by atoms with Crippen LogP contribution in [-0.4, -0.2) is 123 Å². The van der Waals surface area contributed by atoms with Crippen molar-refractivity contribution in [1.82, 2.24) is 4.90 Å². The van der Waals surface area contributed by atoms with E-state index >= 15 is 0 Å². The molecule has 50 heavy (non-hydrogen) atoms. The van der Waals surface area contributed by atoms with Crippen LogP contribution < -0.4 is 4.90 Å². The molecule has 1 aromatic rings. The third-order valence-corrected chi connectivity index (χ3v) is 15.3. The molecule has 7 bridgehead atoms. The minimum absolute atomic E-state index is 0.0324. The molecule has 5 aliphatic carbocycles. The number of rotatable bonds is 9. The van der Waals surface area contributed by atoms with Crippen molar-refractivity contribution in [3.05, 3.63) is 27.3 Å². The van der Waals surface area contributed by atoms with Gasteiger partial charge in [-0.3, -0.25) is 14.5 Å². The molecule has 7 aliphatic rings. The predicted octanol–water partition coefficient (Wildman–Crippen LogP) is 2.64. The molecule has 12 nitrogen and oxygen atoms in total. The number of hydrogen-bond acceptors (Lipinski definition) is 11. The van der Waals surface area contributed by atoms with Crippen molar-refractivity contribution in [3.8, 4) is 0 Å². The number of methoxy groups -OCH3 is 4. The minimum atomic E-state index is -1.70. The summed E-state index contributed by atoms with van der Waals surface area (Å²) in [6, 6.07) is 4.59. The normalized spacial score (nSPS) is 47.3. The van der Waals surface area contributed by atoms with Gasteiger partial charge in [-0.25, -0.2) is 9.69 Å². The van der Waals surface area contributed by atoms with Crippen molar-refractivity contribution < 1.29 is 48.3 Å². The first-order chi connectivity index (χ1) is 23.8. The summed E-state index contributed by atoms with van der Waals surface area (Å²) < 4.78 is 32.2. The van der Waals surface area contributed by atoms with Crippen molar-refractivity contribution in [1.29, 1.82) is 0 Å². The van der Waals surface area contributed by atoms with Gasteiger partial charge < -0.3 is 33.9 Å². The monoisotopic (exact) mass is 808 g/mol. The summed E-state index contributed by atoms with van der Waals surface area (Å²) in [4.78, 5) is 43.6. The number of carbonyl (C=O) groups excluding carboxylic acids is 3. The molecule has 7 fully saturated rings. The van der Waals surface area contributed by atoms with E-state index in [9.17, 15) is 24.6 Å². The lowest BCUT2D eigenvalue weighted by atomic mass is 9.42. The number of halogens is 1. The van der Waals surface area contributed by atoms with Gasteiger partial charge in [0.15, 0.2) is 0 Å². The van der Waals surface area contributed by atoms with Crippen molar-refractivity contribution in [3.63, 3.8) is 0 Å². The Bertz CT molecular complexity index is 1610. The molecule has 8 rings (SSSR count). The SMILES string of the molecule is CCN1C[C@]2(COC(=O)c3cc(I)ccc3N3C(=O)C[C@H](C)C3=O)CC[C@H](OC)[C@]34[C@@H]5C[C@H]6[C@H](OC)[C@@H]5[C@](O)(C[C@@H]6OC)[C@@](O)([C@H]13)[C@@H](OC)[C@H]24. The first kappa shape index (κ1) is 35.3. The summed E-state index contributed by atoms with van der Waals surface area (Å²) in [6.45, 7) is 4.95. The molecule has 1 aromatic carbocycles. The van der Waals surface area contributed by atoms with Crippen LogP contribution >= 0.6 is 22.6 Å². The molecule has 2 heterocycles. The van der Waals surface area contributed by atoms with E-state index in [-0.39, 0.29) is 84.5 Å². The maximum atomic E-state index is 14.2. The van der Waals surface area contributed by atoms with Crippen molar-refractivity contribution in [2.24, 2.45) is 40.4 Å². The van der Waals surface area contributed by atoms with Crippen molar-refractivity contribution in [2.75, 3.05) is 53.0 Å². The number of piperidine rings is 1. The molecule has 2 amide bonds. The Morgan fingerprint density at radius 3 is 2.46 bits per heavy atom. The average Bonchev–Trinajstić information content (AvgIpc) is 3.63. The molecule has 0 radical (unpaired) electrons. The summed E-state index contributed by atoms with van der Waals surface area (Å²) in [6.07, 6.45) is 0.792. The number of amides is 2. The Balaban J connectivity index is 1.24. The Hall–Kier alpha value is -1.72. The number of carbonyl (C=O) groups is 3. The highest BCUT2D eigenvalue weighted by Gasteiger charge is 2.91. The zero-order valence-electron chi connectivity index (χ0n) is 29.6. The number of likely N-dealkylation sites (N-methyl/N-ethyl adjacent to an activating group) is 1. The van der Waals surface area contributed by atoms with E-state index in [1.807, 2.05) is 0 Å². The quantitative estimate of drug-likeness (QED) is 0.216. The van der Waals surface area contributed by atoms with Crippen LogP contribution in [0.3, 0.4) is 0 Å². The van der Waals surface area contributed by atoms with E-state index in [2.05, 4.69) is 34.4 Å². The van der Waals surface area contributed by atoms with Gasteiger partial charge in [-0.1, -0.05) is 13.8 Å². The summed E-state index contributed by atoms with van der Waals surface area (Å²) in [5, 5.41) is 26.6. The van der Waals surface area contributed by atoms with Crippen LogP contribution in [0.25, 0.3) is 0 Å². The second-order valence-electron chi connectivity index (χ2n) is 16.1. The number of benzene rings is 1. The Morgan fingerprint density at radius 2 is 1.84 bits per heavy atom. The Labute approximate surface area is 306 Å².